The third-order valence-corrected chi connectivity index (χ3v) is 5.43. The van der Waals surface area contributed by atoms with Gasteiger partial charge in [-0.1, -0.05) is 17.7 Å². The van der Waals surface area contributed by atoms with Gasteiger partial charge in [-0.15, -0.1) is 0 Å². The molecule has 0 unspecified atom stereocenters. The van der Waals surface area contributed by atoms with E-state index in [1.165, 1.54) is 0 Å². The molecular weight excluding hydrogens is 257 g/mol. The van der Waals surface area contributed by atoms with Crippen molar-refractivity contribution in [3.05, 3.63) is 29.0 Å². The summed E-state index contributed by atoms with van der Waals surface area (Å²) >= 11 is 5.63. The van der Waals surface area contributed by atoms with Crippen LogP contribution in [0.1, 0.15) is 18.4 Å². The zero-order chi connectivity index (χ0) is 11.1. The summed E-state index contributed by atoms with van der Waals surface area (Å²) in [6.07, 6.45) is 3.26. The molecule has 0 aliphatic heterocycles. The van der Waals surface area contributed by atoms with Gasteiger partial charge in [0.25, 0.3) is 0 Å². The summed E-state index contributed by atoms with van der Waals surface area (Å²) in [7, 11) is 1.91. The van der Waals surface area contributed by atoms with Crippen LogP contribution in [0.5, 0.6) is 0 Å². The van der Waals surface area contributed by atoms with Crippen molar-refractivity contribution in [1.29, 1.82) is 0 Å². The lowest BCUT2D eigenvalue weighted by molar-refractivity contribution is 0.590. The molecule has 82 valence electrons. The van der Waals surface area contributed by atoms with E-state index in [9.17, 15) is 8.42 Å². The molecular formula is C9H9Cl2NO2S. The molecule has 0 bridgehead atoms. The zero-order valence-electron chi connectivity index (χ0n) is 7.78. The van der Waals surface area contributed by atoms with Crippen molar-refractivity contribution in [2.75, 3.05) is 0 Å². The summed E-state index contributed by atoms with van der Waals surface area (Å²) in [5, 5.41) is 0.400. The van der Waals surface area contributed by atoms with E-state index in [4.69, 9.17) is 22.3 Å². The van der Waals surface area contributed by atoms with Crippen LogP contribution in [0.4, 0.5) is 0 Å². The van der Waals surface area contributed by atoms with Gasteiger partial charge in [0, 0.05) is 16.9 Å². The first kappa shape index (κ1) is 11.2. The van der Waals surface area contributed by atoms with Gasteiger partial charge in [0.2, 0.25) is 9.05 Å². The minimum Gasteiger partial charge on any atom is -0.244 e. The average Bonchev–Trinajstić information content (AvgIpc) is 2.89. The van der Waals surface area contributed by atoms with Crippen LogP contribution in [0.15, 0.2) is 18.3 Å². The molecule has 15 heavy (non-hydrogen) atoms. The Labute approximate surface area is 97.8 Å². The lowest BCUT2D eigenvalue weighted by Crippen LogP contribution is -2.20. The Morgan fingerprint density at radius 1 is 1.40 bits per heavy atom. The quantitative estimate of drug-likeness (QED) is 0.623. The Balaban J connectivity index is 2.20. The first-order valence-electron chi connectivity index (χ1n) is 4.48. The minimum atomic E-state index is -3.49. The van der Waals surface area contributed by atoms with Crippen LogP contribution in [-0.2, 0) is 15.5 Å². The largest absolute Gasteiger partial charge is 0.244 e. The topological polar surface area (TPSA) is 47.0 Å². The minimum absolute atomic E-state index is 0.400. The Bertz CT molecular complexity index is 465. The highest BCUT2D eigenvalue weighted by Crippen LogP contribution is 2.47. The molecule has 3 nitrogen and oxygen atoms in total. The fourth-order valence-corrected chi connectivity index (χ4v) is 3.20. The van der Waals surface area contributed by atoms with Crippen molar-refractivity contribution in [2.24, 2.45) is 0 Å². The van der Waals surface area contributed by atoms with Gasteiger partial charge in [0.15, 0.2) is 0 Å². The highest BCUT2D eigenvalue weighted by Gasteiger charge is 2.53. The molecule has 1 aromatic heterocycles. The van der Waals surface area contributed by atoms with E-state index in [1.807, 2.05) is 0 Å². The number of aromatic nitrogens is 1. The summed E-state index contributed by atoms with van der Waals surface area (Å²) in [6.45, 7) is 0. The summed E-state index contributed by atoms with van der Waals surface area (Å²) < 4.78 is 21.9. The second kappa shape index (κ2) is 3.61. The lowest BCUT2D eigenvalue weighted by atomic mass is 10.1. The molecule has 1 aliphatic carbocycles. The molecule has 1 fully saturated rings. The highest BCUT2D eigenvalue weighted by molar-refractivity contribution is 8.15. The molecule has 0 radical (unpaired) electrons. The van der Waals surface area contributed by atoms with Crippen molar-refractivity contribution >= 4 is 31.3 Å². The van der Waals surface area contributed by atoms with Crippen LogP contribution in [0.25, 0.3) is 0 Å². The molecule has 1 saturated carbocycles. The van der Waals surface area contributed by atoms with Gasteiger partial charge in [0.05, 0.1) is 4.75 Å². The molecule has 1 aliphatic rings. The monoisotopic (exact) mass is 265 g/mol. The van der Waals surface area contributed by atoms with Gasteiger partial charge in [-0.2, -0.15) is 0 Å². The lowest BCUT2D eigenvalue weighted by Gasteiger charge is -2.10. The summed E-state index contributed by atoms with van der Waals surface area (Å²) in [5.41, 5.74) is 0.848. The molecule has 6 heteroatoms. The predicted molar refractivity (Wildman–Crippen MR) is 59.7 cm³/mol. The van der Waals surface area contributed by atoms with Crippen LogP contribution in [0, 0.1) is 0 Å². The van der Waals surface area contributed by atoms with Crippen LogP contribution < -0.4 is 0 Å². The van der Waals surface area contributed by atoms with E-state index in [2.05, 4.69) is 4.98 Å². The van der Waals surface area contributed by atoms with Crippen molar-refractivity contribution < 1.29 is 8.42 Å². The van der Waals surface area contributed by atoms with Gasteiger partial charge in [0.1, 0.15) is 5.15 Å². The van der Waals surface area contributed by atoms with Crippen LogP contribution in [0.3, 0.4) is 0 Å². The number of rotatable bonds is 3. The van der Waals surface area contributed by atoms with Crippen molar-refractivity contribution in [3.63, 3.8) is 0 Å². The van der Waals surface area contributed by atoms with Gasteiger partial charge in [-0.3, -0.25) is 0 Å². The third kappa shape index (κ3) is 2.27. The maximum Gasteiger partial charge on any atom is 0.238 e. The van der Waals surface area contributed by atoms with Gasteiger partial charge >= 0.3 is 0 Å². The molecule has 0 N–H and O–H groups in total. The van der Waals surface area contributed by atoms with Gasteiger partial charge in [-0.25, -0.2) is 13.4 Å². The van der Waals surface area contributed by atoms with Crippen LogP contribution in [-0.4, -0.2) is 18.1 Å². The van der Waals surface area contributed by atoms with E-state index >= 15 is 0 Å². The zero-order valence-corrected chi connectivity index (χ0v) is 10.1. The van der Waals surface area contributed by atoms with Gasteiger partial charge in [-0.05, 0) is 30.9 Å². The average molecular weight is 266 g/mol. The molecule has 0 spiro atoms. The second-order valence-corrected chi connectivity index (χ2v) is 7.13. The van der Waals surface area contributed by atoms with Crippen molar-refractivity contribution in [2.45, 2.75) is 24.0 Å². The maximum absolute atomic E-state index is 11.3. The van der Waals surface area contributed by atoms with Crippen molar-refractivity contribution in [1.82, 2.24) is 4.98 Å². The Morgan fingerprint density at radius 3 is 2.47 bits per heavy atom. The number of hydrogen-bond donors (Lipinski definition) is 0. The predicted octanol–water partition coefficient (Wildman–Crippen LogP) is 2.38. The number of nitrogens with zero attached hydrogens (tertiary/aromatic N) is 1. The molecule has 0 atom stereocenters. The fourth-order valence-electron chi connectivity index (χ4n) is 1.53. The van der Waals surface area contributed by atoms with Crippen molar-refractivity contribution in [3.8, 4) is 0 Å². The molecule has 2 rings (SSSR count). The summed E-state index contributed by atoms with van der Waals surface area (Å²) in [6, 6.07) is 3.42. The van der Waals surface area contributed by atoms with E-state index < -0.39 is 13.8 Å². The smallest absolute Gasteiger partial charge is 0.238 e. The Kier molecular flexibility index (Phi) is 2.69. The van der Waals surface area contributed by atoms with E-state index in [-0.39, 0.29) is 0 Å². The summed E-state index contributed by atoms with van der Waals surface area (Å²) in [4.78, 5) is 3.90. The number of pyridine rings is 1. The number of hydrogen-bond acceptors (Lipinski definition) is 3. The SMILES string of the molecule is O=S(=O)(Cl)C1(Cc2ccc(Cl)nc2)CC1. The van der Waals surface area contributed by atoms with E-state index in [1.54, 1.807) is 18.3 Å². The molecule has 0 amide bonds. The standard InChI is InChI=1S/C9H9Cl2NO2S/c10-8-2-1-7(6-12-8)5-9(3-4-9)15(11,13)14/h1-2,6H,3-5H2. The molecule has 0 aromatic carbocycles. The number of halogens is 2. The van der Waals surface area contributed by atoms with Crippen LogP contribution >= 0.6 is 22.3 Å². The first-order valence-corrected chi connectivity index (χ1v) is 7.16. The van der Waals surface area contributed by atoms with E-state index in [0.717, 1.165) is 5.56 Å². The summed E-state index contributed by atoms with van der Waals surface area (Å²) in [5.74, 6) is 0. The molecule has 0 saturated heterocycles. The molecule has 1 aromatic rings. The fraction of sp³-hybridized carbons (Fsp3) is 0.444. The highest BCUT2D eigenvalue weighted by atomic mass is 35.7. The third-order valence-electron chi connectivity index (χ3n) is 2.64. The Morgan fingerprint density at radius 2 is 2.07 bits per heavy atom. The van der Waals surface area contributed by atoms with Crippen LogP contribution in [0.2, 0.25) is 5.15 Å². The maximum atomic E-state index is 11.3. The normalized spacial score (nSPS) is 18.8. The van der Waals surface area contributed by atoms with E-state index in [0.29, 0.717) is 24.4 Å². The van der Waals surface area contributed by atoms with Gasteiger partial charge < -0.3 is 0 Å². The second-order valence-electron chi connectivity index (χ2n) is 3.79. The molecule has 1 heterocycles. The first-order chi connectivity index (χ1) is 6.93. The Hall–Kier alpha value is -0.320.